The summed E-state index contributed by atoms with van der Waals surface area (Å²) in [4.78, 5) is 12.0. The number of carbonyl (C=O) groups excluding carboxylic acids is 1. The van der Waals surface area contributed by atoms with Crippen molar-refractivity contribution < 1.29 is 24.7 Å². The van der Waals surface area contributed by atoms with Gasteiger partial charge < -0.3 is 14.7 Å². The summed E-state index contributed by atoms with van der Waals surface area (Å²) in [5, 5.41) is 19.6. The van der Waals surface area contributed by atoms with Gasteiger partial charge >= 0.3 is 5.97 Å². The Morgan fingerprint density at radius 1 is 1.04 bits per heavy atom. The summed E-state index contributed by atoms with van der Waals surface area (Å²) < 4.78 is 10.3. The quantitative estimate of drug-likeness (QED) is 0.508. The molecule has 2 N–H and O–H groups in total. The molecule has 6 nitrogen and oxygen atoms in total. The third-order valence-corrected chi connectivity index (χ3v) is 4.50. The summed E-state index contributed by atoms with van der Waals surface area (Å²) >= 11 is 0. The van der Waals surface area contributed by atoms with Gasteiger partial charge in [-0.15, -0.1) is 0 Å². The fraction of sp³-hybridized carbons (Fsp3) is 0.136. The smallest absolute Gasteiger partial charge is 0.338 e. The van der Waals surface area contributed by atoms with Crippen molar-refractivity contribution in [3.05, 3.63) is 88.6 Å². The number of hydrogen-bond acceptors (Lipinski definition) is 5. The van der Waals surface area contributed by atoms with E-state index < -0.39 is 5.23 Å². The van der Waals surface area contributed by atoms with Gasteiger partial charge in [-0.25, -0.2) is 10.0 Å². The molecule has 3 aromatic rings. The highest BCUT2D eigenvalue weighted by Gasteiger charge is 2.14. The predicted molar refractivity (Wildman–Crippen MR) is 105 cm³/mol. The van der Waals surface area contributed by atoms with Gasteiger partial charge in [-0.1, -0.05) is 36.4 Å². The van der Waals surface area contributed by atoms with Gasteiger partial charge in [0.15, 0.2) is 5.69 Å². The third-order valence-electron chi connectivity index (χ3n) is 4.50. The fourth-order valence-corrected chi connectivity index (χ4v) is 3.11. The van der Waals surface area contributed by atoms with Crippen LogP contribution >= 0.6 is 0 Å². The molecule has 3 aromatic carbocycles. The monoisotopic (exact) mass is 379 g/mol. The number of carbonyl (C=O) groups is 1. The average Bonchev–Trinajstić information content (AvgIpc) is 2.73. The maximum atomic E-state index is 12.0. The third kappa shape index (κ3) is 4.20. The lowest BCUT2D eigenvalue weighted by Crippen LogP contribution is -2.99. The fourth-order valence-electron chi connectivity index (χ4n) is 3.11. The maximum Gasteiger partial charge on any atom is 0.338 e. The lowest BCUT2D eigenvalue weighted by atomic mass is 9.96. The molecule has 0 saturated carbocycles. The molecular weight excluding hydrogens is 358 g/mol. The first-order valence-corrected chi connectivity index (χ1v) is 8.70. The second-order valence-electron chi connectivity index (χ2n) is 6.25. The largest absolute Gasteiger partial charge is 0.595 e. The van der Waals surface area contributed by atoms with Gasteiger partial charge in [0.25, 0.3) is 0 Å². The SMILES string of the molecule is COC(=O)c1ccccc1Cc1ccc(OC)c(-c2cccc([NH+]([O-])O)c2)c1. The number of esters is 1. The molecule has 6 heteroatoms. The molecule has 0 aliphatic rings. The van der Waals surface area contributed by atoms with Crippen molar-refractivity contribution in [2.45, 2.75) is 6.42 Å². The molecule has 1 atom stereocenters. The van der Waals surface area contributed by atoms with E-state index in [9.17, 15) is 15.2 Å². The van der Waals surface area contributed by atoms with Crippen LogP contribution in [0.3, 0.4) is 0 Å². The number of methoxy groups -OCH3 is 2. The Hall–Kier alpha value is -3.19. The minimum Gasteiger partial charge on any atom is -0.595 e. The maximum absolute atomic E-state index is 12.0. The van der Waals surface area contributed by atoms with Crippen molar-refractivity contribution >= 4 is 11.7 Å². The van der Waals surface area contributed by atoms with Gasteiger partial charge in [-0.2, -0.15) is 5.23 Å². The van der Waals surface area contributed by atoms with E-state index in [0.717, 1.165) is 22.3 Å². The number of nitrogens with one attached hydrogen (secondary N) is 1. The Morgan fingerprint density at radius 2 is 1.82 bits per heavy atom. The molecule has 0 radical (unpaired) electrons. The first-order valence-electron chi connectivity index (χ1n) is 8.70. The lowest BCUT2D eigenvalue weighted by Gasteiger charge is -2.15. The van der Waals surface area contributed by atoms with Gasteiger partial charge in [0.1, 0.15) is 5.75 Å². The molecule has 28 heavy (non-hydrogen) atoms. The Bertz CT molecular complexity index is 984. The van der Waals surface area contributed by atoms with Crippen LogP contribution in [-0.2, 0) is 11.2 Å². The molecule has 0 heterocycles. The zero-order chi connectivity index (χ0) is 20.1. The summed E-state index contributed by atoms with van der Waals surface area (Å²) in [6.07, 6.45) is 0.529. The number of rotatable bonds is 6. The van der Waals surface area contributed by atoms with Crippen molar-refractivity contribution in [1.29, 1.82) is 0 Å². The molecule has 0 fully saturated rings. The number of ether oxygens (including phenoxy) is 2. The highest BCUT2D eigenvalue weighted by Crippen LogP contribution is 2.32. The van der Waals surface area contributed by atoms with Gasteiger partial charge in [-0.3, -0.25) is 0 Å². The molecule has 0 amide bonds. The summed E-state index contributed by atoms with van der Waals surface area (Å²) in [5.74, 6) is 0.269. The molecular formula is C22H21NO5. The van der Waals surface area contributed by atoms with Crippen LogP contribution in [0.1, 0.15) is 21.5 Å². The normalized spacial score (nSPS) is 11.7. The molecule has 0 aliphatic heterocycles. The van der Waals surface area contributed by atoms with E-state index in [2.05, 4.69) is 0 Å². The Balaban J connectivity index is 2.01. The molecule has 144 valence electrons. The lowest BCUT2D eigenvalue weighted by molar-refractivity contribution is -0.991. The van der Waals surface area contributed by atoms with E-state index in [0.29, 0.717) is 17.7 Å². The van der Waals surface area contributed by atoms with Crippen LogP contribution in [-0.4, -0.2) is 25.4 Å². The van der Waals surface area contributed by atoms with Gasteiger partial charge in [0.05, 0.1) is 19.8 Å². The van der Waals surface area contributed by atoms with Crippen LogP contribution in [0.4, 0.5) is 5.69 Å². The van der Waals surface area contributed by atoms with Crippen molar-refractivity contribution in [3.8, 4) is 16.9 Å². The summed E-state index contributed by atoms with van der Waals surface area (Å²) in [6.45, 7) is 0. The second kappa shape index (κ2) is 8.67. The van der Waals surface area contributed by atoms with E-state index in [1.165, 1.54) is 7.11 Å². The van der Waals surface area contributed by atoms with Crippen molar-refractivity contribution in [1.82, 2.24) is 0 Å². The Labute approximate surface area is 163 Å². The van der Waals surface area contributed by atoms with Crippen LogP contribution in [0.5, 0.6) is 5.75 Å². The second-order valence-corrected chi connectivity index (χ2v) is 6.25. The summed E-state index contributed by atoms with van der Waals surface area (Å²) in [5.41, 5.74) is 4.09. The van der Waals surface area contributed by atoms with Crippen LogP contribution in [0.25, 0.3) is 11.1 Å². The molecule has 0 aliphatic carbocycles. The standard InChI is InChI=1S/C22H21NO5/c1-27-21-11-10-15(12-16-6-3-4-9-19(16)22(24)28-2)13-20(21)17-7-5-8-18(14-17)23(25)26/h3-11,13-14,23,25H,12H2,1-2H3. The molecule has 3 rings (SSSR count). The van der Waals surface area contributed by atoms with E-state index >= 15 is 0 Å². The van der Waals surface area contributed by atoms with Gasteiger partial charge in [-0.05, 0) is 41.3 Å². The average molecular weight is 379 g/mol. The minimum absolute atomic E-state index is 0.209. The number of hydrogen-bond donors (Lipinski definition) is 2. The van der Waals surface area contributed by atoms with Crippen molar-refractivity contribution in [3.63, 3.8) is 0 Å². The summed E-state index contributed by atoms with van der Waals surface area (Å²) in [6, 6.07) is 19.7. The molecule has 0 saturated heterocycles. The first-order chi connectivity index (χ1) is 13.5. The molecule has 0 bridgehead atoms. The number of benzene rings is 3. The zero-order valence-electron chi connectivity index (χ0n) is 15.6. The highest BCUT2D eigenvalue weighted by molar-refractivity contribution is 5.91. The van der Waals surface area contributed by atoms with E-state index in [-0.39, 0.29) is 11.7 Å². The minimum atomic E-state index is -0.982. The van der Waals surface area contributed by atoms with Crippen LogP contribution < -0.4 is 9.96 Å². The van der Waals surface area contributed by atoms with Crippen LogP contribution in [0, 0.1) is 5.21 Å². The highest BCUT2D eigenvalue weighted by atomic mass is 16.8. The predicted octanol–water partition coefficient (Wildman–Crippen LogP) is 3.14. The van der Waals surface area contributed by atoms with Crippen molar-refractivity contribution in [2.24, 2.45) is 0 Å². The van der Waals surface area contributed by atoms with E-state index in [1.54, 1.807) is 37.4 Å². The molecule has 1 unspecified atom stereocenters. The Kier molecular flexibility index (Phi) is 6.06. The van der Waals surface area contributed by atoms with Gasteiger partial charge in [0.2, 0.25) is 0 Å². The van der Waals surface area contributed by atoms with E-state index in [4.69, 9.17) is 9.47 Å². The van der Waals surface area contributed by atoms with Gasteiger partial charge in [0, 0.05) is 17.7 Å². The van der Waals surface area contributed by atoms with Crippen LogP contribution in [0.15, 0.2) is 66.7 Å². The number of quaternary nitrogens is 1. The van der Waals surface area contributed by atoms with E-state index in [1.807, 2.05) is 36.4 Å². The first kappa shape index (κ1) is 19.6. The zero-order valence-corrected chi connectivity index (χ0v) is 15.6. The van der Waals surface area contributed by atoms with Crippen LogP contribution in [0.2, 0.25) is 0 Å². The Morgan fingerprint density at radius 3 is 2.54 bits per heavy atom. The molecule has 0 spiro atoms. The van der Waals surface area contributed by atoms with Crippen molar-refractivity contribution in [2.75, 3.05) is 14.2 Å². The summed E-state index contributed by atoms with van der Waals surface area (Å²) in [7, 11) is 2.94. The molecule has 0 aromatic heterocycles. The topological polar surface area (TPSA) is 83.3 Å².